The molecule has 3 N–H and O–H groups in total. The van der Waals surface area contributed by atoms with Crippen LogP contribution in [0.4, 0.5) is 0 Å². The Bertz CT molecular complexity index is 1370. The largest absolute Gasteiger partial charge is 0.496 e. The predicted octanol–water partition coefficient (Wildman–Crippen LogP) is 4.20. The topological polar surface area (TPSA) is 120 Å². The van der Waals surface area contributed by atoms with Gasteiger partial charge in [-0.2, -0.15) is 0 Å². The van der Waals surface area contributed by atoms with Gasteiger partial charge in [0.05, 0.1) is 33.5 Å². The van der Waals surface area contributed by atoms with Gasteiger partial charge < -0.3 is 28.8 Å². The maximum absolute atomic E-state index is 14.0. The number of rotatable bonds is 14. The number of hydrogen-bond acceptors (Lipinski definition) is 9. The monoisotopic (exact) mass is 641 g/mol. The van der Waals surface area contributed by atoms with Crippen LogP contribution in [0.2, 0.25) is 0 Å². The van der Waals surface area contributed by atoms with Crippen LogP contribution in [0.1, 0.15) is 30.0 Å². The number of methoxy groups -OCH3 is 3. The number of ether oxygens (including phenoxy) is 5. The standard InChI is InChI=1S/C31H36BrN3O7/c1-20-31(18-22-8-5-6-9-26(22)32,34-29(42-20)21-10-12-23(13-11-21)41-15-7-14-36)30(37)35-33-19-25-27(39-3)16-24(38-2)17-28(25)40-4/h5-6,8-13,16-17,20,33,36H,7,14-15,18-19H2,1-4H3,(H,35,37)/t20-,31-/m0/s1. The van der Waals surface area contributed by atoms with Gasteiger partial charge in [0.25, 0.3) is 5.91 Å². The number of aliphatic hydroxyl groups excluding tert-OH is 1. The third kappa shape index (κ3) is 6.97. The Kier molecular flexibility index (Phi) is 10.7. The van der Waals surface area contributed by atoms with Gasteiger partial charge in [0.15, 0.2) is 5.54 Å². The molecule has 3 aromatic carbocycles. The quantitative estimate of drug-likeness (QED) is 0.177. The van der Waals surface area contributed by atoms with Crippen molar-refractivity contribution in [3.63, 3.8) is 0 Å². The normalized spacial score (nSPS) is 17.7. The summed E-state index contributed by atoms with van der Waals surface area (Å²) in [5.74, 6) is 2.38. The Hall–Kier alpha value is -3.80. The third-order valence-corrected chi connectivity index (χ3v) is 7.80. The van der Waals surface area contributed by atoms with Crippen molar-refractivity contribution in [3.8, 4) is 23.0 Å². The van der Waals surface area contributed by atoms with Crippen LogP contribution in [0, 0.1) is 0 Å². The molecule has 0 spiro atoms. The van der Waals surface area contributed by atoms with E-state index in [4.69, 9.17) is 33.8 Å². The molecule has 4 rings (SSSR count). The second-order valence-electron chi connectivity index (χ2n) is 9.64. The van der Waals surface area contributed by atoms with Crippen LogP contribution in [0.25, 0.3) is 0 Å². The molecule has 42 heavy (non-hydrogen) atoms. The molecule has 1 aliphatic heterocycles. The maximum Gasteiger partial charge on any atom is 0.266 e. The molecule has 0 bridgehead atoms. The molecule has 1 heterocycles. The minimum atomic E-state index is -1.27. The zero-order valence-electron chi connectivity index (χ0n) is 24.1. The van der Waals surface area contributed by atoms with E-state index in [2.05, 4.69) is 26.8 Å². The molecule has 2 atom stereocenters. The molecule has 0 aromatic heterocycles. The Morgan fingerprint density at radius 2 is 1.71 bits per heavy atom. The van der Waals surface area contributed by atoms with Crippen molar-refractivity contribution in [2.75, 3.05) is 34.5 Å². The molecule has 0 saturated carbocycles. The average Bonchev–Trinajstić information content (AvgIpc) is 3.35. The molecule has 1 aliphatic rings. The highest BCUT2D eigenvalue weighted by Gasteiger charge is 2.50. The summed E-state index contributed by atoms with van der Waals surface area (Å²) in [6.45, 7) is 2.55. The van der Waals surface area contributed by atoms with Crippen LogP contribution in [-0.2, 0) is 22.5 Å². The molecule has 0 saturated heterocycles. The summed E-state index contributed by atoms with van der Waals surface area (Å²) < 4.78 is 29.1. The minimum absolute atomic E-state index is 0.0678. The lowest BCUT2D eigenvalue weighted by atomic mass is 9.86. The number of aliphatic hydroxyl groups is 1. The number of hydrogen-bond donors (Lipinski definition) is 3. The van der Waals surface area contributed by atoms with Crippen molar-refractivity contribution < 1.29 is 33.6 Å². The summed E-state index contributed by atoms with van der Waals surface area (Å²) in [4.78, 5) is 18.9. The SMILES string of the molecule is COc1cc(OC)c(CNNC(=O)[C@@]2(Cc3ccccc3Br)N=C(c3ccc(OCCCO)cc3)O[C@H]2C)c(OC)c1. The Morgan fingerprint density at radius 3 is 2.33 bits per heavy atom. The van der Waals surface area contributed by atoms with Crippen molar-refractivity contribution in [3.05, 3.63) is 81.8 Å². The van der Waals surface area contributed by atoms with Gasteiger partial charge in [0.1, 0.15) is 29.1 Å². The van der Waals surface area contributed by atoms with Crippen molar-refractivity contribution in [1.82, 2.24) is 10.9 Å². The van der Waals surface area contributed by atoms with Gasteiger partial charge in [0, 0.05) is 48.2 Å². The Labute approximate surface area is 254 Å². The Morgan fingerprint density at radius 1 is 1.02 bits per heavy atom. The number of carbonyl (C=O) groups is 1. The summed E-state index contributed by atoms with van der Waals surface area (Å²) >= 11 is 3.61. The first-order valence-corrected chi connectivity index (χ1v) is 14.3. The van der Waals surface area contributed by atoms with E-state index in [1.54, 1.807) is 33.5 Å². The van der Waals surface area contributed by atoms with E-state index in [0.29, 0.717) is 53.9 Å². The van der Waals surface area contributed by atoms with Gasteiger partial charge in [-0.3, -0.25) is 10.2 Å². The molecule has 11 heteroatoms. The van der Waals surface area contributed by atoms with Gasteiger partial charge in [-0.15, -0.1) is 0 Å². The zero-order chi connectivity index (χ0) is 30.1. The van der Waals surface area contributed by atoms with Gasteiger partial charge >= 0.3 is 0 Å². The minimum Gasteiger partial charge on any atom is -0.496 e. The van der Waals surface area contributed by atoms with E-state index in [0.717, 1.165) is 15.6 Å². The lowest BCUT2D eigenvalue weighted by molar-refractivity contribution is -0.129. The highest BCUT2D eigenvalue weighted by molar-refractivity contribution is 9.10. The fourth-order valence-electron chi connectivity index (χ4n) is 4.65. The smallest absolute Gasteiger partial charge is 0.266 e. The second kappa shape index (κ2) is 14.4. The fraction of sp³-hybridized carbons (Fsp3) is 0.355. The first kappa shape index (κ1) is 31.1. The fourth-order valence-corrected chi connectivity index (χ4v) is 5.07. The molecule has 10 nitrogen and oxygen atoms in total. The molecule has 0 fully saturated rings. The summed E-state index contributed by atoms with van der Waals surface area (Å²) in [5, 5.41) is 8.98. The van der Waals surface area contributed by atoms with Crippen LogP contribution < -0.4 is 29.8 Å². The van der Waals surface area contributed by atoms with E-state index in [1.807, 2.05) is 55.5 Å². The number of nitrogens with zero attached hydrogens (tertiary/aromatic N) is 1. The van der Waals surface area contributed by atoms with E-state index >= 15 is 0 Å². The van der Waals surface area contributed by atoms with Crippen molar-refractivity contribution in [2.45, 2.75) is 38.0 Å². The lowest BCUT2D eigenvalue weighted by Gasteiger charge is -2.28. The predicted molar refractivity (Wildman–Crippen MR) is 162 cm³/mol. The number of carbonyl (C=O) groups excluding carboxylic acids is 1. The van der Waals surface area contributed by atoms with Crippen LogP contribution in [0.5, 0.6) is 23.0 Å². The number of halogens is 1. The Balaban J connectivity index is 1.59. The summed E-state index contributed by atoms with van der Waals surface area (Å²) in [7, 11) is 4.69. The van der Waals surface area contributed by atoms with Gasteiger partial charge in [-0.05, 0) is 42.8 Å². The molecule has 224 valence electrons. The summed E-state index contributed by atoms with van der Waals surface area (Å²) in [5.41, 5.74) is 6.96. The van der Waals surface area contributed by atoms with E-state index in [9.17, 15) is 4.79 Å². The van der Waals surface area contributed by atoms with E-state index in [1.165, 1.54) is 0 Å². The lowest BCUT2D eigenvalue weighted by Crippen LogP contribution is -2.55. The van der Waals surface area contributed by atoms with Crippen LogP contribution >= 0.6 is 15.9 Å². The summed E-state index contributed by atoms with van der Waals surface area (Å²) in [6.07, 6.45) is 0.268. The van der Waals surface area contributed by atoms with Crippen molar-refractivity contribution >= 4 is 27.7 Å². The highest BCUT2D eigenvalue weighted by Crippen LogP contribution is 2.36. The molecule has 0 aliphatic carbocycles. The molecular formula is C31H36BrN3O7. The zero-order valence-corrected chi connectivity index (χ0v) is 25.7. The van der Waals surface area contributed by atoms with Crippen molar-refractivity contribution in [1.29, 1.82) is 0 Å². The van der Waals surface area contributed by atoms with Gasteiger partial charge in [0.2, 0.25) is 5.90 Å². The summed E-state index contributed by atoms with van der Waals surface area (Å²) in [6, 6.07) is 18.5. The van der Waals surface area contributed by atoms with Crippen LogP contribution in [-0.4, -0.2) is 63.1 Å². The number of aliphatic imine (C=N–C) groups is 1. The van der Waals surface area contributed by atoms with E-state index in [-0.39, 0.29) is 19.1 Å². The first-order valence-electron chi connectivity index (χ1n) is 13.5. The van der Waals surface area contributed by atoms with Crippen LogP contribution in [0.15, 0.2) is 70.1 Å². The third-order valence-electron chi connectivity index (χ3n) is 7.03. The van der Waals surface area contributed by atoms with Gasteiger partial charge in [-0.1, -0.05) is 34.1 Å². The molecule has 3 aromatic rings. The molecule has 0 unspecified atom stereocenters. The second-order valence-corrected chi connectivity index (χ2v) is 10.5. The molecular weight excluding hydrogens is 606 g/mol. The van der Waals surface area contributed by atoms with E-state index < -0.39 is 11.6 Å². The maximum atomic E-state index is 14.0. The number of benzene rings is 3. The number of amides is 1. The highest BCUT2D eigenvalue weighted by atomic mass is 79.9. The number of hydrazine groups is 1. The van der Waals surface area contributed by atoms with Gasteiger partial charge in [-0.25, -0.2) is 10.4 Å². The molecule has 1 amide bonds. The number of nitrogens with one attached hydrogen (secondary N) is 2. The first-order chi connectivity index (χ1) is 20.3. The average molecular weight is 643 g/mol. The molecule has 0 radical (unpaired) electrons. The van der Waals surface area contributed by atoms with Crippen LogP contribution in [0.3, 0.4) is 0 Å². The van der Waals surface area contributed by atoms with Crippen molar-refractivity contribution in [2.24, 2.45) is 4.99 Å².